The zero-order valence-electron chi connectivity index (χ0n) is 8.92. The molecule has 1 rings (SSSR count). The van der Waals surface area contributed by atoms with Crippen LogP contribution in [-0.4, -0.2) is 13.6 Å². The Morgan fingerprint density at radius 1 is 1.60 bits per heavy atom. The second kappa shape index (κ2) is 4.61. The molecule has 0 unspecified atom stereocenters. The van der Waals surface area contributed by atoms with Gasteiger partial charge in [-0.2, -0.15) is 5.26 Å². The summed E-state index contributed by atoms with van der Waals surface area (Å²) in [5, 5.41) is 8.58. The van der Waals surface area contributed by atoms with Crippen molar-refractivity contribution in [3.8, 4) is 6.07 Å². The molecule has 15 heavy (non-hydrogen) atoms. The van der Waals surface area contributed by atoms with E-state index in [4.69, 9.17) is 5.26 Å². The lowest BCUT2D eigenvalue weighted by Crippen LogP contribution is -2.19. The number of hydrogen-bond acceptors (Lipinski definition) is 2. The van der Waals surface area contributed by atoms with Crippen LogP contribution in [0.4, 0.5) is 10.1 Å². The highest BCUT2D eigenvalue weighted by Crippen LogP contribution is 2.17. The van der Waals surface area contributed by atoms with E-state index < -0.39 is 5.82 Å². The van der Waals surface area contributed by atoms with Crippen LogP contribution >= 0.6 is 0 Å². The minimum atomic E-state index is -0.483. The molecule has 0 fully saturated rings. The largest absolute Gasteiger partial charge is 0.371 e. The molecule has 0 aromatic heterocycles. The molecular weight excluding hydrogens is 191 g/mol. The van der Waals surface area contributed by atoms with Gasteiger partial charge < -0.3 is 4.90 Å². The van der Waals surface area contributed by atoms with Crippen LogP contribution in [0, 0.1) is 17.1 Å². The molecule has 0 radical (unpaired) electrons. The molecule has 0 saturated heterocycles. The first-order valence-corrected chi connectivity index (χ1v) is 4.59. The van der Waals surface area contributed by atoms with Crippen molar-refractivity contribution in [3.63, 3.8) is 0 Å². The second-order valence-electron chi connectivity index (χ2n) is 3.59. The van der Waals surface area contributed by atoms with Crippen molar-refractivity contribution in [1.29, 1.82) is 5.26 Å². The Kier molecular flexibility index (Phi) is 3.46. The summed E-state index contributed by atoms with van der Waals surface area (Å²) < 4.78 is 13.3. The molecule has 0 spiro atoms. The third-order valence-corrected chi connectivity index (χ3v) is 2.02. The van der Waals surface area contributed by atoms with Gasteiger partial charge in [-0.3, -0.25) is 0 Å². The van der Waals surface area contributed by atoms with Gasteiger partial charge in [-0.1, -0.05) is 12.2 Å². The molecule has 78 valence electrons. The van der Waals surface area contributed by atoms with Crippen LogP contribution in [0.3, 0.4) is 0 Å². The molecule has 0 heterocycles. The zero-order chi connectivity index (χ0) is 11.4. The third kappa shape index (κ3) is 2.81. The monoisotopic (exact) mass is 204 g/mol. The van der Waals surface area contributed by atoms with Crippen molar-refractivity contribution < 1.29 is 4.39 Å². The molecule has 0 aliphatic heterocycles. The van der Waals surface area contributed by atoms with E-state index in [9.17, 15) is 4.39 Å². The van der Waals surface area contributed by atoms with Crippen LogP contribution in [0.2, 0.25) is 0 Å². The maximum Gasteiger partial charge on any atom is 0.143 e. The minimum absolute atomic E-state index is 0.0717. The van der Waals surface area contributed by atoms with Gasteiger partial charge in [0.15, 0.2) is 0 Å². The average molecular weight is 204 g/mol. The third-order valence-electron chi connectivity index (χ3n) is 2.02. The van der Waals surface area contributed by atoms with E-state index in [0.717, 1.165) is 11.3 Å². The fourth-order valence-corrected chi connectivity index (χ4v) is 1.33. The molecule has 0 bridgehead atoms. The Morgan fingerprint density at radius 2 is 2.27 bits per heavy atom. The molecule has 1 aromatic carbocycles. The van der Waals surface area contributed by atoms with Gasteiger partial charge in [0.1, 0.15) is 11.9 Å². The number of likely N-dealkylation sites (N-methyl/N-ethyl adjacent to an activating group) is 1. The van der Waals surface area contributed by atoms with Gasteiger partial charge in [-0.05, 0) is 25.1 Å². The van der Waals surface area contributed by atoms with Crippen LogP contribution in [0.15, 0.2) is 30.4 Å². The maximum absolute atomic E-state index is 13.3. The highest BCUT2D eigenvalue weighted by atomic mass is 19.1. The Morgan fingerprint density at radius 3 is 2.73 bits per heavy atom. The predicted octanol–water partition coefficient (Wildman–Crippen LogP) is 2.71. The number of benzene rings is 1. The summed E-state index contributed by atoms with van der Waals surface area (Å²) in [6, 6.07) is 6.37. The van der Waals surface area contributed by atoms with Crippen molar-refractivity contribution in [1.82, 2.24) is 0 Å². The molecule has 0 atom stereocenters. The fraction of sp³-hybridized carbons (Fsp3) is 0.250. The SMILES string of the molecule is C=C(C)CN(C)c1ccc(C#N)c(F)c1. The summed E-state index contributed by atoms with van der Waals surface area (Å²) in [7, 11) is 1.86. The summed E-state index contributed by atoms with van der Waals surface area (Å²) in [5.41, 5.74) is 1.82. The first kappa shape index (κ1) is 11.3. The summed E-state index contributed by atoms with van der Waals surface area (Å²) in [6.45, 7) is 6.37. The second-order valence-corrected chi connectivity index (χ2v) is 3.59. The first-order valence-electron chi connectivity index (χ1n) is 4.59. The predicted molar refractivity (Wildman–Crippen MR) is 59.2 cm³/mol. The molecule has 2 nitrogen and oxygen atoms in total. The first-order chi connectivity index (χ1) is 7.04. The van der Waals surface area contributed by atoms with Gasteiger partial charge in [0, 0.05) is 19.3 Å². The van der Waals surface area contributed by atoms with E-state index in [1.165, 1.54) is 12.1 Å². The molecule has 0 amide bonds. The van der Waals surface area contributed by atoms with E-state index in [-0.39, 0.29) is 5.56 Å². The summed E-state index contributed by atoms with van der Waals surface area (Å²) in [6.07, 6.45) is 0. The molecule has 0 saturated carbocycles. The summed E-state index contributed by atoms with van der Waals surface area (Å²) >= 11 is 0. The molecular formula is C12H13FN2. The van der Waals surface area contributed by atoms with Gasteiger partial charge in [-0.15, -0.1) is 0 Å². The van der Waals surface area contributed by atoms with Crippen molar-refractivity contribution in [2.75, 3.05) is 18.5 Å². The van der Waals surface area contributed by atoms with Crippen molar-refractivity contribution >= 4 is 5.69 Å². The number of anilines is 1. The lowest BCUT2D eigenvalue weighted by Gasteiger charge is -2.19. The topological polar surface area (TPSA) is 27.0 Å². The van der Waals surface area contributed by atoms with E-state index in [0.29, 0.717) is 6.54 Å². The number of nitriles is 1. The lowest BCUT2D eigenvalue weighted by atomic mass is 10.2. The number of nitrogens with zero attached hydrogens (tertiary/aromatic N) is 2. The Labute approximate surface area is 89.2 Å². The lowest BCUT2D eigenvalue weighted by molar-refractivity contribution is 0.623. The van der Waals surface area contributed by atoms with E-state index in [2.05, 4.69) is 6.58 Å². The average Bonchev–Trinajstić information content (AvgIpc) is 2.16. The number of hydrogen-bond donors (Lipinski definition) is 0. The van der Waals surface area contributed by atoms with Crippen LogP contribution < -0.4 is 4.90 Å². The Balaban J connectivity index is 2.93. The highest BCUT2D eigenvalue weighted by molar-refractivity contribution is 5.50. The molecule has 1 aromatic rings. The van der Waals surface area contributed by atoms with Crippen LogP contribution in [0.25, 0.3) is 0 Å². The van der Waals surface area contributed by atoms with Gasteiger partial charge in [0.25, 0.3) is 0 Å². The number of halogens is 1. The van der Waals surface area contributed by atoms with Crippen LogP contribution in [0.1, 0.15) is 12.5 Å². The normalized spacial score (nSPS) is 9.47. The van der Waals surface area contributed by atoms with Crippen LogP contribution in [-0.2, 0) is 0 Å². The Hall–Kier alpha value is -1.82. The van der Waals surface area contributed by atoms with Gasteiger partial charge in [0.05, 0.1) is 5.56 Å². The van der Waals surface area contributed by atoms with Crippen molar-refractivity contribution in [2.24, 2.45) is 0 Å². The summed E-state index contributed by atoms with van der Waals surface area (Å²) in [5.74, 6) is -0.483. The molecule has 0 aliphatic carbocycles. The standard InChI is InChI=1S/C12H13FN2/c1-9(2)8-15(3)11-5-4-10(7-14)12(13)6-11/h4-6H,1,8H2,2-3H3. The smallest absolute Gasteiger partial charge is 0.143 e. The highest BCUT2D eigenvalue weighted by Gasteiger charge is 2.05. The van der Waals surface area contributed by atoms with Crippen molar-refractivity contribution in [2.45, 2.75) is 6.92 Å². The van der Waals surface area contributed by atoms with Crippen molar-refractivity contribution in [3.05, 3.63) is 41.7 Å². The Bertz CT molecular complexity index is 418. The minimum Gasteiger partial charge on any atom is -0.371 e. The van der Waals surface area contributed by atoms with E-state index in [1.54, 1.807) is 12.1 Å². The van der Waals surface area contributed by atoms with Crippen LogP contribution in [0.5, 0.6) is 0 Å². The quantitative estimate of drug-likeness (QED) is 0.708. The van der Waals surface area contributed by atoms with Gasteiger partial charge in [-0.25, -0.2) is 4.39 Å². The zero-order valence-corrected chi connectivity index (χ0v) is 8.92. The fourth-order valence-electron chi connectivity index (χ4n) is 1.33. The van der Waals surface area contributed by atoms with Gasteiger partial charge in [0.2, 0.25) is 0 Å². The van der Waals surface area contributed by atoms with E-state index in [1.807, 2.05) is 18.9 Å². The van der Waals surface area contributed by atoms with Gasteiger partial charge >= 0.3 is 0 Å². The molecule has 3 heteroatoms. The molecule has 0 N–H and O–H groups in total. The molecule has 0 aliphatic rings. The van der Waals surface area contributed by atoms with E-state index >= 15 is 0 Å². The maximum atomic E-state index is 13.3. The number of rotatable bonds is 3. The summed E-state index contributed by atoms with van der Waals surface area (Å²) in [4.78, 5) is 1.88.